The van der Waals surface area contributed by atoms with E-state index < -0.39 is 0 Å². The number of imidazole rings is 1. The highest BCUT2D eigenvalue weighted by Gasteiger charge is 2.22. The van der Waals surface area contributed by atoms with Crippen molar-refractivity contribution in [2.45, 2.75) is 0 Å². The minimum absolute atomic E-state index is 0.656. The van der Waals surface area contributed by atoms with E-state index in [4.69, 9.17) is 19.4 Å². The topological polar surface area (TPSA) is 56.7 Å². The number of aromatic nitrogens is 4. The summed E-state index contributed by atoms with van der Waals surface area (Å²) < 4.78 is 8.80. The maximum Gasteiger partial charge on any atom is 0.159 e. The van der Waals surface area contributed by atoms with Gasteiger partial charge in [-0.15, -0.1) is 0 Å². The molecule has 0 fully saturated rings. The zero-order valence-electron chi connectivity index (χ0n) is 31.2. The molecule has 58 heavy (non-hydrogen) atoms. The number of hydrogen-bond donors (Lipinski definition) is 0. The smallest absolute Gasteiger partial charge is 0.159 e. The summed E-state index contributed by atoms with van der Waals surface area (Å²) in [6.07, 6.45) is 3.82. The van der Waals surface area contributed by atoms with E-state index in [-0.39, 0.29) is 0 Å². The van der Waals surface area contributed by atoms with E-state index in [2.05, 4.69) is 144 Å². The van der Waals surface area contributed by atoms with Crippen molar-refractivity contribution in [3.05, 3.63) is 194 Å². The number of fused-ring (bicyclic) bond motifs is 10. The second kappa shape index (κ2) is 12.8. The van der Waals surface area contributed by atoms with Gasteiger partial charge >= 0.3 is 0 Å². The van der Waals surface area contributed by atoms with Crippen molar-refractivity contribution in [3.8, 4) is 50.7 Å². The molecule has 0 unspecified atom stereocenters. The van der Waals surface area contributed by atoms with Gasteiger partial charge in [0.1, 0.15) is 17.0 Å². The molecule has 0 aliphatic carbocycles. The molecule has 0 bridgehead atoms. The Morgan fingerprint density at radius 2 is 1.02 bits per heavy atom. The van der Waals surface area contributed by atoms with Crippen molar-refractivity contribution in [3.63, 3.8) is 0 Å². The number of benzene rings is 9. The maximum atomic E-state index is 6.62. The van der Waals surface area contributed by atoms with Crippen LogP contribution in [0.5, 0.6) is 0 Å². The lowest BCUT2D eigenvalue weighted by Gasteiger charge is -2.18. The molecule has 0 atom stereocenters. The Bertz CT molecular complexity index is 3550. The van der Waals surface area contributed by atoms with Crippen molar-refractivity contribution in [2.75, 3.05) is 0 Å². The molecule has 0 amide bonds. The average Bonchev–Trinajstić information content (AvgIpc) is 3.88. The fourth-order valence-electron chi connectivity index (χ4n) is 8.95. The molecule has 5 nitrogen and oxygen atoms in total. The Morgan fingerprint density at radius 3 is 1.78 bits per heavy atom. The number of furan rings is 1. The standard InChI is InChI=1S/C53H32N4O/c1-3-14-33(15-4-1)34-26-27-43-48(30-34)58-47-25-13-22-41(49(43)47)42-28-29-44(51-40-21-10-8-19-38(40)37-18-7-9-20-39(37)50(42)51)52-54-31-35(32-55-52)53-56-45-23-11-12-24-46(45)57(53)36-16-5-2-6-17-36/h1-32H. The van der Waals surface area contributed by atoms with Crippen molar-refractivity contribution in [1.29, 1.82) is 0 Å². The molecular weight excluding hydrogens is 709 g/mol. The third-order valence-corrected chi connectivity index (χ3v) is 11.5. The van der Waals surface area contributed by atoms with E-state index in [0.717, 1.165) is 94.0 Å². The Labute approximate surface area is 333 Å². The van der Waals surface area contributed by atoms with Gasteiger partial charge in [0.15, 0.2) is 5.82 Å². The summed E-state index contributed by atoms with van der Waals surface area (Å²) in [4.78, 5) is 15.3. The molecule has 0 saturated carbocycles. The van der Waals surface area contributed by atoms with Crippen LogP contribution in [0.2, 0.25) is 0 Å². The van der Waals surface area contributed by atoms with Crippen LogP contribution in [0.3, 0.4) is 0 Å². The van der Waals surface area contributed by atoms with Crippen molar-refractivity contribution >= 4 is 65.3 Å². The van der Waals surface area contributed by atoms with Crippen molar-refractivity contribution in [1.82, 2.24) is 19.5 Å². The van der Waals surface area contributed by atoms with Crippen LogP contribution in [0.1, 0.15) is 0 Å². The zero-order valence-corrected chi connectivity index (χ0v) is 31.2. The van der Waals surface area contributed by atoms with Gasteiger partial charge in [-0.3, -0.25) is 4.57 Å². The van der Waals surface area contributed by atoms with Gasteiger partial charge in [-0.05, 0) is 97.7 Å². The Kier molecular flexibility index (Phi) is 7.16. The van der Waals surface area contributed by atoms with Crippen LogP contribution in [0.4, 0.5) is 0 Å². The third kappa shape index (κ3) is 4.93. The normalized spacial score (nSPS) is 11.8. The van der Waals surface area contributed by atoms with Crippen LogP contribution >= 0.6 is 0 Å². The predicted octanol–water partition coefficient (Wildman–Crippen LogP) is 13.8. The van der Waals surface area contributed by atoms with Crippen LogP contribution in [-0.2, 0) is 0 Å². The summed E-state index contributed by atoms with van der Waals surface area (Å²) in [5.74, 6) is 1.45. The molecule has 0 aliphatic rings. The molecule has 0 spiro atoms. The number of para-hydroxylation sites is 3. The van der Waals surface area contributed by atoms with Crippen molar-refractivity contribution in [2.24, 2.45) is 0 Å². The lowest BCUT2D eigenvalue weighted by Crippen LogP contribution is -1.99. The van der Waals surface area contributed by atoms with E-state index in [1.807, 2.05) is 54.9 Å². The molecule has 9 aromatic carbocycles. The highest BCUT2D eigenvalue weighted by molar-refractivity contribution is 6.32. The molecule has 12 rings (SSSR count). The van der Waals surface area contributed by atoms with Gasteiger partial charge in [0.2, 0.25) is 0 Å². The van der Waals surface area contributed by atoms with E-state index in [9.17, 15) is 0 Å². The summed E-state index contributed by atoms with van der Waals surface area (Å²) in [5, 5.41) is 9.20. The minimum Gasteiger partial charge on any atom is -0.456 e. The van der Waals surface area contributed by atoms with Crippen LogP contribution < -0.4 is 0 Å². The Hall–Kier alpha value is -7.89. The van der Waals surface area contributed by atoms with E-state index in [1.165, 1.54) is 16.2 Å². The van der Waals surface area contributed by atoms with Gasteiger partial charge in [0, 0.05) is 39.8 Å². The Balaban J connectivity index is 1.09. The van der Waals surface area contributed by atoms with Crippen LogP contribution in [0.25, 0.3) is 116 Å². The fraction of sp³-hybridized carbons (Fsp3) is 0. The molecule has 0 radical (unpaired) electrons. The quantitative estimate of drug-likeness (QED) is 0.165. The Morgan fingerprint density at radius 1 is 0.397 bits per heavy atom. The first-order valence-electron chi connectivity index (χ1n) is 19.5. The minimum atomic E-state index is 0.656. The van der Waals surface area contributed by atoms with E-state index in [0.29, 0.717) is 5.82 Å². The third-order valence-electron chi connectivity index (χ3n) is 11.5. The van der Waals surface area contributed by atoms with Crippen LogP contribution in [0, 0.1) is 0 Å². The van der Waals surface area contributed by atoms with Gasteiger partial charge in [0.25, 0.3) is 0 Å². The lowest BCUT2D eigenvalue weighted by molar-refractivity contribution is 0.669. The van der Waals surface area contributed by atoms with Crippen molar-refractivity contribution < 1.29 is 4.42 Å². The molecular formula is C53H32N4O. The molecule has 12 aromatic rings. The largest absolute Gasteiger partial charge is 0.456 e. The number of hydrogen-bond acceptors (Lipinski definition) is 4. The van der Waals surface area contributed by atoms with Crippen LogP contribution in [0.15, 0.2) is 199 Å². The van der Waals surface area contributed by atoms with Crippen LogP contribution in [-0.4, -0.2) is 19.5 Å². The number of nitrogens with zero attached hydrogens (tertiary/aromatic N) is 4. The van der Waals surface area contributed by atoms with Gasteiger partial charge in [-0.25, -0.2) is 15.0 Å². The maximum absolute atomic E-state index is 6.62. The first-order valence-corrected chi connectivity index (χ1v) is 19.5. The fourth-order valence-corrected chi connectivity index (χ4v) is 8.95. The van der Waals surface area contributed by atoms with E-state index in [1.54, 1.807) is 0 Å². The lowest BCUT2D eigenvalue weighted by atomic mass is 9.86. The van der Waals surface area contributed by atoms with Gasteiger partial charge < -0.3 is 4.42 Å². The first-order chi connectivity index (χ1) is 28.8. The second-order valence-electron chi connectivity index (χ2n) is 14.8. The van der Waals surface area contributed by atoms with E-state index >= 15 is 0 Å². The average molecular weight is 741 g/mol. The molecule has 0 aliphatic heterocycles. The summed E-state index contributed by atoms with van der Waals surface area (Å²) in [7, 11) is 0. The monoisotopic (exact) mass is 740 g/mol. The molecule has 0 saturated heterocycles. The van der Waals surface area contributed by atoms with Gasteiger partial charge in [-0.1, -0.05) is 133 Å². The zero-order chi connectivity index (χ0) is 38.2. The first kappa shape index (κ1) is 32.4. The highest BCUT2D eigenvalue weighted by atomic mass is 16.3. The molecule has 3 aromatic heterocycles. The summed E-state index contributed by atoms with van der Waals surface area (Å²) in [5.41, 5.74) is 11.1. The number of rotatable bonds is 5. The summed E-state index contributed by atoms with van der Waals surface area (Å²) in [6.45, 7) is 0. The van der Waals surface area contributed by atoms with Gasteiger partial charge in [0.05, 0.1) is 16.6 Å². The second-order valence-corrected chi connectivity index (χ2v) is 14.8. The summed E-state index contributed by atoms with van der Waals surface area (Å²) in [6, 6.07) is 63.9. The van der Waals surface area contributed by atoms with Gasteiger partial charge in [-0.2, -0.15) is 0 Å². The molecule has 270 valence electrons. The highest BCUT2D eigenvalue weighted by Crippen LogP contribution is 2.47. The SMILES string of the molecule is c1ccc(-c2ccc3c(c2)oc2cccc(-c4ccc(-c5ncc(-c6nc7ccccc7n6-c6ccccc6)cn5)c5c6ccccc6c6ccccc6c45)c23)cc1. The molecule has 5 heteroatoms. The molecule has 3 heterocycles. The molecule has 0 N–H and O–H groups in total. The summed E-state index contributed by atoms with van der Waals surface area (Å²) >= 11 is 0. The predicted molar refractivity (Wildman–Crippen MR) is 238 cm³/mol.